The minimum atomic E-state index is -3.98. The van der Waals surface area contributed by atoms with Crippen LogP contribution in [0.3, 0.4) is 0 Å². The molecule has 1 heterocycles. The van der Waals surface area contributed by atoms with Crippen molar-refractivity contribution < 1.29 is 31.5 Å². The lowest BCUT2D eigenvalue weighted by molar-refractivity contribution is -0.120. The van der Waals surface area contributed by atoms with Gasteiger partial charge in [-0.3, -0.25) is 4.79 Å². The van der Waals surface area contributed by atoms with E-state index in [4.69, 9.17) is 9.47 Å². The predicted octanol–water partition coefficient (Wildman–Crippen LogP) is 3.02. The van der Waals surface area contributed by atoms with Gasteiger partial charge >= 0.3 is 0 Å². The zero-order valence-corrected chi connectivity index (χ0v) is 17.3. The standard InChI is InChI=1S/C20H22F2N2O5S/c1-28-15-6-8-18(29-2)19(11-15)30(26,27)24-9-3-4-13(12-24)20(25)23-17-10-14(21)5-7-16(17)22/h5-8,10-11,13H,3-4,9,12H2,1-2H3,(H,23,25). The number of anilines is 1. The molecule has 1 unspecified atom stereocenters. The highest BCUT2D eigenvalue weighted by molar-refractivity contribution is 7.89. The molecule has 0 spiro atoms. The molecule has 10 heteroatoms. The Bertz CT molecular complexity index is 1050. The number of nitrogens with one attached hydrogen (secondary N) is 1. The fourth-order valence-electron chi connectivity index (χ4n) is 3.33. The average Bonchev–Trinajstić information content (AvgIpc) is 2.75. The van der Waals surface area contributed by atoms with Gasteiger partial charge in [0, 0.05) is 25.2 Å². The molecule has 1 fully saturated rings. The Morgan fingerprint density at radius 3 is 2.60 bits per heavy atom. The average molecular weight is 440 g/mol. The van der Waals surface area contributed by atoms with E-state index in [2.05, 4.69) is 5.32 Å². The summed E-state index contributed by atoms with van der Waals surface area (Å²) in [6, 6.07) is 7.18. The van der Waals surface area contributed by atoms with Crippen LogP contribution in [0.5, 0.6) is 11.5 Å². The van der Waals surface area contributed by atoms with Gasteiger partial charge in [-0.15, -0.1) is 0 Å². The first-order valence-electron chi connectivity index (χ1n) is 9.24. The fourth-order valence-corrected chi connectivity index (χ4v) is 5.02. The summed E-state index contributed by atoms with van der Waals surface area (Å²) in [5.74, 6) is -2.24. The smallest absolute Gasteiger partial charge is 0.246 e. The molecule has 1 atom stereocenters. The minimum Gasteiger partial charge on any atom is -0.497 e. The molecule has 7 nitrogen and oxygen atoms in total. The third kappa shape index (κ3) is 4.54. The Morgan fingerprint density at radius 1 is 1.13 bits per heavy atom. The van der Waals surface area contributed by atoms with Crippen LogP contribution in [0.2, 0.25) is 0 Å². The number of halogens is 2. The summed E-state index contributed by atoms with van der Waals surface area (Å²) >= 11 is 0. The van der Waals surface area contributed by atoms with Gasteiger partial charge in [-0.1, -0.05) is 0 Å². The second kappa shape index (κ2) is 8.97. The van der Waals surface area contributed by atoms with E-state index in [0.717, 1.165) is 18.2 Å². The molecule has 3 rings (SSSR count). The summed E-state index contributed by atoms with van der Waals surface area (Å²) < 4.78 is 65.1. The second-order valence-corrected chi connectivity index (χ2v) is 8.74. The molecule has 2 aromatic carbocycles. The number of sulfonamides is 1. The van der Waals surface area contributed by atoms with Crippen LogP contribution in [0, 0.1) is 17.6 Å². The van der Waals surface area contributed by atoms with Gasteiger partial charge < -0.3 is 14.8 Å². The number of ether oxygens (including phenoxy) is 2. The molecular weight excluding hydrogens is 418 g/mol. The number of piperidine rings is 1. The van der Waals surface area contributed by atoms with Crippen molar-refractivity contribution in [2.24, 2.45) is 5.92 Å². The molecule has 0 radical (unpaired) electrons. The third-order valence-electron chi connectivity index (χ3n) is 4.93. The number of benzene rings is 2. The van der Waals surface area contributed by atoms with Gasteiger partial charge in [-0.05, 0) is 37.1 Å². The van der Waals surface area contributed by atoms with Gasteiger partial charge in [0.2, 0.25) is 15.9 Å². The summed E-state index contributed by atoms with van der Waals surface area (Å²) in [6.07, 6.45) is 0.860. The van der Waals surface area contributed by atoms with Gasteiger partial charge in [-0.2, -0.15) is 4.31 Å². The lowest BCUT2D eigenvalue weighted by Gasteiger charge is -2.31. The van der Waals surface area contributed by atoms with E-state index in [1.807, 2.05) is 0 Å². The number of carbonyl (C=O) groups excluding carboxylic acids is 1. The molecule has 0 bridgehead atoms. The van der Waals surface area contributed by atoms with Crippen LogP contribution in [0.1, 0.15) is 12.8 Å². The lowest BCUT2D eigenvalue weighted by Crippen LogP contribution is -2.43. The summed E-state index contributed by atoms with van der Waals surface area (Å²) in [5.41, 5.74) is -0.283. The van der Waals surface area contributed by atoms with Gasteiger partial charge in [-0.25, -0.2) is 17.2 Å². The summed E-state index contributed by atoms with van der Waals surface area (Å²) in [4.78, 5) is 12.5. The Kier molecular flexibility index (Phi) is 6.57. The molecule has 0 aromatic heterocycles. The van der Waals surface area contributed by atoms with E-state index in [9.17, 15) is 22.0 Å². The maximum Gasteiger partial charge on any atom is 0.246 e. The lowest BCUT2D eigenvalue weighted by atomic mass is 9.98. The Hall–Kier alpha value is -2.72. The van der Waals surface area contributed by atoms with E-state index in [1.165, 1.54) is 30.7 Å². The highest BCUT2D eigenvalue weighted by Crippen LogP contribution is 2.33. The maximum absolute atomic E-state index is 13.8. The summed E-state index contributed by atoms with van der Waals surface area (Å²) in [7, 11) is -1.19. The van der Waals surface area contributed by atoms with Crippen LogP contribution < -0.4 is 14.8 Å². The molecule has 2 aromatic rings. The van der Waals surface area contributed by atoms with Crippen molar-refractivity contribution >= 4 is 21.6 Å². The number of methoxy groups -OCH3 is 2. The van der Waals surface area contributed by atoms with Gasteiger partial charge in [0.1, 0.15) is 28.0 Å². The van der Waals surface area contributed by atoms with Crippen LogP contribution in [0.25, 0.3) is 0 Å². The van der Waals surface area contributed by atoms with Crippen LogP contribution in [-0.2, 0) is 14.8 Å². The molecule has 1 saturated heterocycles. The van der Waals surface area contributed by atoms with E-state index < -0.39 is 33.5 Å². The SMILES string of the molecule is COc1ccc(OC)c(S(=O)(=O)N2CCCC(C(=O)Nc3cc(F)ccc3F)C2)c1. The van der Waals surface area contributed by atoms with Crippen molar-refractivity contribution in [2.75, 3.05) is 32.6 Å². The first kappa shape index (κ1) is 22.0. The normalized spacial score (nSPS) is 17.4. The zero-order chi connectivity index (χ0) is 21.9. The first-order valence-corrected chi connectivity index (χ1v) is 10.7. The van der Waals surface area contributed by atoms with Gasteiger partial charge in [0.05, 0.1) is 25.8 Å². The summed E-state index contributed by atoms with van der Waals surface area (Å²) in [6.45, 7) is 0.131. The van der Waals surface area contributed by atoms with Crippen molar-refractivity contribution in [3.05, 3.63) is 48.0 Å². The predicted molar refractivity (Wildman–Crippen MR) is 106 cm³/mol. The third-order valence-corrected chi connectivity index (χ3v) is 6.82. The number of hydrogen-bond donors (Lipinski definition) is 1. The Labute approximate surface area is 173 Å². The number of rotatable bonds is 6. The van der Waals surface area contributed by atoms with Crippen LogP contribution in [0.15, 0.2) is 41.3 Å². The number of hydrogen-bond acceptors (Lipinski definition) is 5. The summed E-state index contributed by atoms with van der Waals surface area (Å²) in [5, 5.41) is 2.35. The highest BCUT2D eigenvalue weighted by atomic mass is 32.2. The molecule has 1 amide bonds. The van der Waals surface area contributed by atoms with Crippen LogP contribution in [-0.4, -0.2) is 45.9 Å². The molecule has 1 aliphatic heterocycles. The van der Waals surface area contributed by atoms with Crippen LogP contribution >= 0.6 is 0 Å². The van der Waals surface area contributed by atoms with Crippen molar-refractivity contribution in [1.82, 2.24) is 4.31 Å². The minimum absolute atomic E-state index is 0.0680. The molecule has 1 aliphatic rings. The van der Waals surface area contributed by atoms with Crippen molar-refractivity contribution in [3.63, 3.8) is 0 Å². The number of nitrogens with zero attached hydrogens (tertiary/aromatic N) is 1. The topological polar surface area (TPSA) is 84.9 Å². The van der Waals surface area contributed by atoms with Crippen molar-refractivity contribution in [2.45, 2.75) is 17.7 Å². The number of amides is 1. The Morgan fingerprint density at radius 2 is 1.90 bits per heavy atom. The second-order valence-electron chi connectivity index (χ2n) is 6.83. The number of carbonyl (C=O) groups is 1. The highest BCUT2D eigenvalue weighted by Gasteiger charge is 2.35. The maximum atomic E-state index is 13.8. The fraction of sp³-hybridized carbons (Fsp3) is 0.350. The van der Waals surface area contributed by atoms with E-state index in [0.29, 0.717) is 18.6 Å². The monoisotopic (exact) mass is 440 g/mol. The molecule has 0 saturated carbocycles. The Balaban J connectivity index is 1.81. The molecule has 0 aliphatic carbocycles. The largest absolute Gasteiger partial charge is 0.497 e. The zero-order valence-electron chi connectivity index (χ0n) is 16.5. The molecule has 30 heavy (non-hydrogen) atoms. The quantitative estimate of drug-likeness (QED) is 0.747. The van der Waals surface area contributed by atoms with E-state index in [1.54, 1.807) is 6.07 Å². The van der Waals surface area contributed by atoms with Crippen molar-refractivity contribution in [1.29, 1.82) is 0 Å². The van der Waals surface area contributed by atoms with Gasteiger partial charge in [0.15, 0.2) is 0 Å². The van der Waals surface area contributed by atoms with E-state index in [-0.39, 0.29) is 29.4 Å². The molecular formula is C20H22F2N2O5S. The first-order chi connectivity index (χ1) is 14.3. The van der Waals surface area contributed by atoms with Gasteiger partial charge in [0.25, 0.3) is 0 Å². The molecule has 162 valence electrons. The van der Waals surface area contributed by atoms with Crippen LogP contribution in [0.4, 0.5) is 14.5 Å². The van der Waals surface area contributed by atoms with E-state index >= 15 is 0 Å². The van der Waals surface area contributed by atoms with Crippen molar-refractivity contribution in [3.8, 4) is 11.5 Å². The molecule has 1 N–H and O–H groups in total.